The number of anilines is 1. The number of carbonyl (C=O) groups excluding carboxylic acids is 1. The monoisotopic (exact) mass is 494 g/mol. The van der Waals surface area contributed by atoms with E-state index in [1.165, 1.54) is 12.1 Å². The molecule has 0 fully saturated rings. The molecule has 32 heavy (non-hydrogen) atoms. The average Bonchev–Trinajstić information content (AvgIpc) is 2.74. The molecule has 1 amide bonds. The third-order valence-electron chi connectivity index (χ3n) is 4.86. The SMILES string of the molecule is C[C@@H](NC(=O)c1ccc(CN(c2cccc(Cl)c2Cl)S(C)(=O)=O)cc1)c1ccc(F)cc1. The molecule has 0 radical (unpaired) electrons. The van der Waals surface area contributed by atoms with Crippen LogP contribution in [0.4, 0.5) is 10.1 Å². The highest BCUT2D eigenvalue weighted by Gasteiger charge is 2.22. The van der Waals surface area contributed by atoms with Crippen molar-refractivity contribution in [2.45, 2.75) is 19.5 Å². The van der Waals surface area contributed by atoms with Crippen LogP contribution in [0.2, 0.25) is 10.0 Å². The smallest absolute Gasteiger partial charge is 0.251 e. The summed E-state index contributed by atoms with van der Waals surface area (Å²) in [6, 6.07) is 17.0. The summed E-state index contributed by atoms with van der Waals surface area (Å²) in [7, 11) is -3.65. The fourth-order valence-corrected chi connectivity index (χ4v) is 4.45. The Bertz CT molecular complexity index is 1220. The van der Waals surface area contributed by atoms with Crippen LogP contribution in [0.15, 0.2) is 66.7 Å². The summed E-state index contributed by atoms with van der Waals surface area (Å²) in [6.45, 7) is 1.82. The lowest BCUT2D eigenvalue weighted by atomic mass is 10.1. The lowest BCUT2D eigenvalue weighted by Gasteiger charge is -2.24. The van der Waals surface area contributed by atoms with Gasteiger partial charge in [-0.25, -0.2) is 12.8 Å². The summed E-state index contributed by atoms with van der Waals surface area (Å²) >= 11 is 12.3. The van der Waals surface area contributed by atoms with Crippen molar-refractivity contribution < 1.29 is 17.6 Å². The van der Waals surface area contributed by atoms with E-state index in [0.717, 1.165) is 16.1 Å². The molecule has 0 aliphatic heterocycles. The van der Waals surface area contributed by atoms with Crippen LogP contribution >= 0.6 is 23.2 Å². The van der Waals surface area contributed by atoms with Gasteiger partial charge in [0.2, 0.25) is 10.0 Å². The van der Waals surface area contributed by atoms with Crippen LogP contribution in [0.1, 0.15) is 34.5 Å². The first-order chi connectivity index (χ1) is 15.1. The van der Waals surface area contributed by atoms with E-state index >= 15 is 0 Å². The minimum Gasteiger partial charge on any atom is -0.346 e. The fourth-order valence-electron chi connectivity index (χ4n) is 3.11. The number of halogens is 3. The van der Waals surface area contributed by atoms with Crippen LogP contribution < -0.4 is 9.62 Å². The molecule has 3 aromatic carbocycles. The summed E-state index contributed by atoms with van der Waals surface area (Å²) in [4.78, 5) is 12.6. The van der Waals surface area contributed by atoms with Crippen LogP contribution in [0.3, 0.4) is 0 Å². The van der Waals surface area contributed by atoms with E-state index < -0.39 is 10.0 Å². The van der Waals surface area contributed by atoms with E-state index in [4.69, 9.17) is 23.2 Å². The van der Waals surface area contributed by atoms with Crippen LogP contribution in [0, 0.1) is 5.82 Å². The third kappa shape index (κ3) is 5.79. The number of nitrogens with zero attached hydrogens (tertiary/aromatic N) is 1. The molecule has 0 heterocycles. The zero-order valence-electron chi connectivity index (χ0n) is 17.3. The highest BCUT2D eigenvalue weighted by molar-refractivity contribution is 7.92. The van der Waals surface area contributed by atoms with Crippen LogP contribution in [-0.2, 0) is 16.6 Å². The van der Waals surface area contributed by atoms with Crippen molar-refractivity contribution in [1.82, 2.24) is 5.32 Å². The van der Waals surface area contributed by atoms with Gasteiger partial charge in [0.05, 0.1) is 34.6 Å². The Morgan fingerprint density at radius 1 is 1.03 bits per heavy atom. The Hall–Kier alpha value is -2.61. The van der Waals surface area contributed by atoms with Gasteiger partial charge in [0, 0.05) is 5.56 Å². The standard InChI is InChI=1S/C23H21Cl2FN2O3S/c1-15(17-10-12-19(26)13-11-17)27-23(29)18-8-6-16(7-9-18)14-28(32(2,30)31)21-5-3-4-20(24)22(21)25/h3-13,15H,14H2,1-2H3,(H,27,29)/t15-/m1/s1. The van der Waals surface area contributed by atoms with Gasteiger partial charge in [-0.15, -0.1) is 0 Å². The first kappa shape index (κ1) is 24.0. The van der Waals surface area contributed by atoms with E-state index in [0.29, 0.717) is 11.1 Å². The number of nitrogens with one attached hydrogen (secondary N) is 1. The van der Waals surface area contributed by atoms with Crippen molar-refractivity contribution in [2.24, 2.45) is 0 Å². The number of benzene rings is 3. The number of sulfonamides is 1. The van der Waals surface area contributed by atoms with Gasteiger partial charge in [0.1, 0.15) is 5.82 Å². The predicted molar refractivity (Wildman–Crippen MR) is 126 cm³/mol. The molecule has 0 aliphatic carbocycles. The predicted octanol–water partition coefficient (Wildman–Crippen LogP) is 5.59. The molecule has 9 heteroatoms. The number of rotatable bonds is 7. The topological polar surface area (TPSA) is 66.5 Å². The molecule has 0 unspecified atom stereocenters. The molecule has 0 saturated heterocycles. The molecule has 0 bridgehead atoms. The average molecular weight is 495 g/mol. The summed E-state index contributed by atoms with van der Waals surface area (Å²) in [6.07, 6.45) is 1.09. The van der Waals surface area contributed by atoms with E-state index in [9.17, 15) is 17.6 Å². The normalized spacial score (nSPS) is 12.3. The Balaban J connectivity index is 1.75. The molecule has 5 nitrogen and oxygen atoms in total. The number of hydrogen-bond acceptors (Lipinski definition) is 3. The van der Waals surface area contributed by atoms with Crippen molar-refractivity contribution in [1.29, 1.82) is 0 Å². The number of carbonyl (C=O) groups is 1. The Labute approximate surface area is 196 Å². The Kier molecular flexibility index (Phi) is 7.44. The quantitative estimate of drug-likeness (QED) is 0.465. The molecule has 0 aromatic heterocycles. The molecule has 1 N–H and O–H groups in total. The fraction of sp³-hybridized carbons (Fsp3) is 0.174. The van der Waals surface area contributed by atoms with Gasteiger partial charge in [-0.2, -0.15) is 0 Å². The lowest BCUT2D eigenvalue weighted by molar-refractivity contribution is 0.0940. The minimum atomic E-state index is -3.65. The first-order valence-electron chi connectivity index (χ1n) is 9.63. The van der Waals surface area contributed by atoms with Crippen molar-refractivity contribution in [3.63, 3.8) is 0 Å². The van der Waals surface area contributed by atoms with E-state index in [1.54, 1.807) is 61.5 Å². The van der Waals surface area contributed by atoms with E-state index in [1.807, 2.05) is 0 Å². The van der Waals surface area contributed by atoms with Crippen molar-refractivity contribution >= 4 is 44.8 Å². The van der Waals surface area contributed by atoms with Gasteiger partial charge in [0.25, 0.3) is 5.91 Å². The summed E-state index contributed by atoms with van der Waals surface area (Å²) in [5.74, 6) is -0.642. The van der Waals surface area contributed by atoms with E-state index in [2.05, 4.69) is 5.32 Å². The molecular weight excluding hydrogens is 474 g/mol. The van der Waals surface area contributed by atoms with Crippen LogP contribution in [-0.4, -0.2) is 20.6 Å². The second kappa shape index (κ2) is 9.90. The van der Waals surface area contributed by atoms with Gasteiger partial charge in [-0.3, -0.25) is 9.10 Å². The molecule has 3 rings (SSSR count). The van der Waals surface area contributed by atoms with Gasteiger partial charge in [-0.1, -0.05) is 53.5 Å². The molecule has 0 saturated carbocycles. The maximum Gasteiger partial charge on any atom is 0.251 e. The Morgan fingerprint density at radius 3 is 2.25 bits per heavy atom. The van der Waals surface area contributed by atoms with Gasteiger partial charge in [0.15, 0.2) is 0 Å². The van der Waals surface area contributed by atoms with Crippen molar-refractivity contribution in [3.8, 4) is 0 Å². The van der Waals surface area contributed by atoms with Crippen LogP contribution in [0.25, 0.3) is 0 Å². The van der Waals surface area contributed by atoms with Crippen molar-refractivity contribution in [2.75, 3.05) is 10.6 Å². The number of hydrogen-bond donors (Lipinski definition) is 1. The summed E-state index contributed by atoms with van der Waals surface area (Å²) in [5, 5.41) is 3.25. The second-order valence-electron chi connectivity index (χ2n) is 7.29. The minimum absolute atomic E-state index is 0.0206. The summed E-state index contributed by atoms with van der Waals surface area (Å²) in [5.41, 5.74) is 2.12. The maximum atomic E-state index is 13.1. The first-order valence-corrected chi connectivity index (χ1v) is 12.2. The van der Waals surface area contributed by atoms with Crippen LogP contribution in [0.5, 0.6) is 0 Å². The van der Waals surface area contributed by atoms with Crippen molar-refractivity contribution in [3.05, 3.63) is 99.3 Å². The van der Waals surface area contributed by atoms with Gasteiger partial charge >= 0.3 is 0 Å². The Morgan fingerprint density at radius 2 is 1.66 bits per heavy atom. The molecule has 168 valence electrons. The van der Waals surface area contributed by atoms with Gasteiger partial charge < -0.3 is 5.32 Å². The number of amides is 1. The third-order valence-corrected chi connectivity index (χ3v) is 6.80. The molecule has 0 aliphatic rings. The second-order valence-corrected chi connectivity index (χ2v) is 9.98. The zero-order valence-corrected chi connectivity index (χ0v) is 19.7. The maximum absolute atomic E-state index is 13.1. The zero-order chi connectivity index (χ0) is 23.5. The molecule has 1 atom stereocenters. The molecule has 3 aromatic rings. The summed E-state index contributed by atoms with van der Waals surface area (Å²) < 4.78 is 39.0. The lowest BCUT2D eigenvalue weighted by Crippen LogP contribution is -2.29. The largest absolute Gasteiger partial charge is 0.346 e. The molecule has 0 spiro atoms. The van der Waals surface area contributed by atoms with Gasteiger partial charge in [-0.05, 0) is 54.4 Å². The van der Waals surface area contributed by atoms with E-state index in [-0.39, 0.29) is 40.0 Å². The highest BCUT2D eigenvalue weighted by atomic mass is 35.5. The highest BCUT2D eigenvalue weighted by Crippen LogP contribution is 2.34. The molecular formula is C23H21Cl2FN2O3S.